The summed E-state index contributed by atoms with van der Waals surface area (Å²) in [4.78, 5) is 29.2. The lowest BCUT2D eigenvalue weighted by Gasteiger charge is -2.39. The molecule has 1 aliphatic heterocycles. The SMILES string of the molecule is CC(C)(C)OC(=O)N1CCC(c2cccnc2)CC1COc1cccc([N+](=O)[O-])c1. The van der Waals surface area contributed by atoms with Crippen molar-refractivity contribution in [3.8, 4) is 5.75 Å². The molecule has 3 rings (SSSR count). The molecule has 2 heterocycles. The summed E-state index contributed by atoms with van der Waals surface area (Å²) >= 11 is 0. The summed E-state index contributed by atoms with van der Waals surface area (Å²) in [6.07, 6.45) is 4.71. The van der Waals surface area contributed by atoms with Crippen molar-refractivity contribution in [3.05, 3.63) is 64.5 Å². The fraction of sp³-hybridized carbons (Fsp3) is 0.455. The highest BCUT2D eigenvalue weighted by atomic mass is 16.6. The first kappa shape index (κ1) is 21.5. The monoisotopic (exact) mass is 413 g/mol. The van der Waals surface area contributed by atoms with Crippen LogP contribution < -0.4 is 4.74 Å². The molecular weight excluding hydrogens is 386 g/mol. The Bertz CT molecular complexity index is 882. The van der Waals surface area contributed by atoms with Gasteiger partial charge in [0, 0.05) is 25.0 Å². The van der Waals surface area contributed by atoms with Crippen LogP contribution in [0.4, 0.5) is 10.5 Å². The van der Waals surface area contributed by atoms with Gasteiger partial charge in [-0.15, -0.1) is 0 Å². The average molecular weight is 413 g/mol. The molecule has 1 aliphatic rings. The molecule has 1 aromatic carbocycles. The number of rotatable bonds is 5. The van der Waals surface area contributed by atoms with Crippen LogP contribution in [-0.2, 0) is 4.74 Å². The minimum absolute atomic E-state index is 0.0339. The van der Waals surface area contributed by atoms with Gasteiger partial charge in [-0.2, -0.15) is 0 Å². The quantitative estimate of drug-likeness (QED) is 0.527. The van der Waals surface area contributed by atoms with E-state index in [4.69, 9.17) is 9.47 Å². The van der Waals surface area contributed by atoms with Crippen molar-refractivity contribution in [3.63, 3.8) is 0 Å². The maximum atomic E-state index is 12.8. The van der Waals surface area contributed by atoms with Gasteiger partial charge in [0.25, 0.3) is 5.69 Å². The number of ether oxygens (including phenoxy) is 2. The Kier molecular flexibility index (Phi) is 6.54. The molecular formula is C22H27N3O5. The first-order valence-corrected chi connectivity index (χ1v) is 10.00. The maximum Gasteiger partial charge on any atom is 0.410 e. The number of benzene rings is 1. The number of nitrogens with zero attached hydrogens (tertiary/aromatic N) is 3. The van der Waals surface area contributed by atoms with E-state index in [2.05, 4.69) is 4.98 Å². The van der Waals surface area contributed by atoms with Gasteiger partial charge in [-0.05, 0) is 57.2 Å². The molecule has 0 saturated carbocycles. The van der Waals surface area contributed by atoms with Crippen molar-refractivity contribution in [2.75, 3.05) is 13.2 Å². The molecule has 2 aromatic rings. The topological polar surface area (TPSA) is 94.8 Å². The second-order valence-corrected chi connectivity index (χ2v) is 8.40. The van der Waals surface area contributed by atoms with Crippen LogP contribution in [0.5, 0.6) is 5.75 Å². The fourth-order valence-corrected chi connectivity index (χ4v) is 3.57. The van der Waals surface area contributed by atoms with E-state index in [1.54, 1.807) is 23.2 Å². The van der Waals surface area contributed by atoms with Crippen LogP contribution in [0.1, 0.15) is 45.1 Å². The van der Waals surface area contributed by atoms with Gasteiger partial charge in [0.15, 0.2) is 0 Å². The minimum Gasteiger partial charge on any atom is -0.491 e. The lowest BCUT2D eigenvalue weighted by atomic mass is 9.86. The first-order valence-electron chi connectivity index (χ1n) is 10.00. The van der Waals surface area contributed by atoms with Crippen LogP contribution in [0.2, 0.25) is 0 Å². The largest absolute Gasteiger partial charge is 0.491 e. The molecule has 0 radical (unpaired) electrons. The Morgan fingerprint density at radius 3 is 2.77 bits per heavy atom. The van der Waals surface area contributed by atoms with E-state index in [0.29, 0.717) is 18.7 Å². The van der Waals surface area contributed by atoms with Crippen molar-refractivity contribution in [1.82, 2.24) is 9.88 Å². The van der Waals surface area contributed by atoms with Gasteiger partial charge in [0.1, 0.15) is 18.0 Å². The number of pyridine rings is 1. The molecule has 30 heavy (non-hydrogen) atoms. The van der Waals surface area contributed by atoms with E-state index in [1.807, 2.05) is 39.1 Å². The Morgan fingerprint density at radius 1 is 1.30 bits per heavy atom. The lowest BCUT2D eigenvalue weighted by Crippen LogP contribution is -2.50. The van der Waals surface area contributed by atoms with Gasteiger partial charge in [0.05, 0.1) is 17.0 Å². The number of nitro benzene ring substituents is 1. The number of carbonyl (C=O) groups excluding carboxylic acids is 1. The molecule has 0 spiro atoms. The maximum absolute atomic E-state index is 12.8. The Hall–Kier alpha value is -3.16. The Labute approximate surface area is 176 Å². The molecule has 0 N–H and O–H groups in total. The van der Waals surface area contributed by atoms with Crippen LogP contribution in [-0.4, -0.2) is 45.7 Å². The molecule has 2 unspecified atom stereocenters. The van der Waals surface area contributed by atoms with Crippen molar-refractivity contribution in [2.24, 2.45) is 0 Å². The molecule has 1 saturated heterocycles. The number of aromatic nitrogens is 1. The smallest absolute Gasteiger partial charge is 0.410 e. The van der Waals surface area contributed by atoms with Crippen LogP contribution >= 0.6 is 0 Å². The number of piperidine rings is 1. The number of likely N-dealkylation sites (tertiary alicyclic amines) is 1. The zero-order chi connectivity index (χ0) is 21.7. The van der Waals surface area contributed by atoms with E-state index in [0.717, 1.165) is 12.0 Å². The molecule has 2 atom stereocenters. The lowest BCUT2D eigenvalue weighted by molar-refractivity contribution is -0.384. The Balaban J connectivity index is 1.75. The van der Waals surface area contributed by atoms with Crippen molar-refractivity contribution in [2.45, 2.75) is 51.2 Å². The van der Waals surface area contributed by atoms with Crippen molar-refractivity contribution in [1.29, 1.82) is 0 Å². The van der Waals surface area contributed by atoms with Crippen LogP contribution in [0.15, 0.2) is 48.8 Å². The predicted octanol–water partition coefficient (Wildman–Crippen LogP) is 4.55. The second-order valence-electron chi connectivity index (χ2n) is 8.40. The van der Waals surface area contributed by atoms with Gasteiger partial charge in [-0.1, -0.05) is 12.1 Å². The third kappa shape index (κ3) is 5.68. The molecule has 8 heteroatoms. The number of carbonyl (C=O) groups is 1. The summed E-state index contributed by atoms with van der Waals surface area (Å²) in [5.41, 5.74) is 0.498. The van der Waals surface area contributed by atoms with E-state index in [9.17, 15) is 14.9 Å². The van der Waals surface area contributed by atoms with Gasteiger partial charge < -0.3 is 14.4 Å². The van der Waals surface area contributed by atoms with E-state index in [-0.39, 0.29) is 30.3 Å². The number of amides is 1. The molecule has 1 aromatic heterocycles. The van der Waals surface area contributed by atoms with Gasteiger partial charge in [0.2, 0.25) is 0 Å². The normalized spacial score (nSPS) is 19.2. The van der Waals surface area contributed by atoms with Crippen LogP contribution in [0.25, 0.3) is 0 Å². The van der Waals surface area contributed by atoms with Gasteiger partial charge in [-0.25, -0.2) is 4.79 Å². The molecule has 160 valence electrons. The molecule has 8 nitrogen and oxygen atoms in total. The highest BCUT2D eigenvalue weighted by molar-refractivity contribution is 5.68. The summed E-state index contributed by atoms with van der Waals surface area (Å²) in [7, 11) is 0. The molecule has 0 aliphatic carbocycles. The van der Waals surface area contributed by atoms with Crippen molar-refractivity contribution < 1.29 is 19.2 Å². The summed E-state index contributed by atoms with van der Waals surface area (Å²) in [5.74, 6) is 0.646. The molecule has 1 fully saturated rings. The number of hydrogen-bond acceptors (Lipinski definition) is 6. The Morgan fingerprint density at radius 2 is 2.10 bits per heavy atom. The van der Waals surface area contributed by atoms with E-state index < -0.39 is 10.5 Å². The first-order chi connectivity index (χ1) is 14.2. The predicted molar refractivity (Wildman–Crippen MR) is 112 cm³/mol. The zero-order valence-electron chi connectivity index (χ0n) is 17.5. The summed E-state index contributed by atoms with van der Waals surface area (Å²) in [6.45, 7) is 6.26. The van der Waals surface area contributed by atoms with Gasteiger partial charge >= 0.3 is 6.09 Å². The third-order valence-corrected chi connectivity index (χ3v) is 4.97. The molecule has 1 amide bonds. The van der Waals surface area contributed by atoms with Crippen molar-refractivity contribution >= 4 is 11.8 Å². The second kappa shape index (κ2) is 9.11. The minimum atomic E-state index is -0.595. The zero-order valence-corrected chi connectivity index (χ0v) is 17.5. The standard InChI is InChI=1S/C22H27N3O5/c1-22(2,3)30-21(26)24-11-9-16(17-6-5-10-23-14-17)12-19(24)15-29-20-8-4-7-18(13-20)25(27)28/h4-8,10,13-14,16,19H,9,11-12,15H2,1-3H3. The van der Waals surface area contributed by atoms with Crippen LogP contribution in [0.3, 0.4) is 0 Å². The summed E-state index contributed by atoms with van der Waals surface area (Å²) in [5, 5.41) is 11.0. The van der Waals surface area contributed by atoms with E-state index in [1.165, 1.54) is 12.1 Å². The summed E-state index contributed by atoms with van der Waals surface area (Å²) < 4.78 is 11.4. The fourth-order valence-electron chi connectivity index (χ4n) is 3.57. The summed E-state index contributed by atoms with van der Waals surface area (Å²) in [6, 6.07) is 9.78. The van der Waals surface area contributed by atoms with E-state index >= 15 is 0 Å². The molecule has 0 bridgehead atoms. The average Bonchev–Trinajstić information content (AvgIpc) is 2.71. The number of nitro groups is 1. The highest BCUT2D eigenvalue weighted by Crippen LogP contribution is 2.32. The van der Waals surface area contributed by atoms with Gasteiger partial charge in [-0.3, -0.25) is 15.1 Å². The highest BCUT2D eigenvalue weighted by Gasteiger charge is 2.35. The third-order valence-electron chi connectivity index (χ3n) is 4.97. The van der Waals surface area contributed by atoms with Crippen LogP contribution in [0, 0.1) is 10.1 Å². The number of hydrogen-bond donors (Lipinski definition) is 0. The number of non-ortho nitro benzene ring substituents is 1.